The fraction of sp³-hybridized carbons (Fsp3) is 0.0161. The summed E-state index contributed by atoms with van der Waals surface area (Å²) >= 11 is 1.88. The van der Waals surface area contributed by atoms with E-state index in [2.05, 4.69) is 223 Å². The maximum Gasteiger partial charge on any atom is 0.164 e. The van der Waals surface area contributed by atoms with Gasteiger partial charge in [0.25, 0.3) is 0 Å². The van der Waals surface area contributed by atoms with Crippen molar-refractivity contribution in [2.75, 3.05) is 0 Å². The molecule has 67 heavy (non-hydrogen) atoms. The van der Waals surface area contributed by atoms with Crippen LogP contribution in [-0.4, -0.2) is 19.4 Å². The van der Waals surface area contributed by atoms with Crippen molar-refractivity contribution in [1.29, 1.82) is 0 Å². The molecule has 1 aliphatic rings. The van der Waals surface area contributed by atoms with E-state index in [9.17, 15) is 0 Å². The predicted octanol–water partition coefficient (Wildman–Crippen LogP) is 15.9. The van der Waals surface area contributed by atoms with Gasteiger partial charge in [0, 0.05) is 53.0 Å². The van der Waals surface area contributed by atoms with Crippen molar-refractivity contribution in [2.24, 2.45) is 0 Å². The molecule has 0 fully saturated rings. The molecule has 0 spiro atoms. The van der Waals surface area contributed by atoms with E-state index in [1.807, 2.05) is 11.3 Å². The lowest BCUT2D eigenvalue weighted by Gasteiger charge is -2.33. The molecule has 0 atom stereocenters. The van der Waals surface area contributed by atoms with Crippen LogP contribution in [0.2, 0.25) is 0 Å². The maximum atomic E-state index is 5.44. The molecule has 0 bridgehead atoms. The first kappa shape index (κ1) is 36.8. The quantitative estimate of drug-likeness (QED) is 0.173. The van der Waals surface area contributed by atoms with Crippen LogP contribution in [0.25, 0.3) is 114 Å². The molecule has 0 amide bonds. The Kier molecular flexibility index (Phi) is 7.55. The highest BCUT2D eigenvalue weighted by molar-refractivity contribution is 7.26. The Hall–Kier alpha value is -8.51. The number of rotatable bonds is 5. The molecule has 14 aromatic rings. The van der Waals surface area contributed by atoms with E-state index in [-0.39, 0.29) is 0 Å². The fourth-order valence-corrected chi connectivity index (χ4v) is 12.8. The SMILES string of the molecule is c1ccc(C2(c3ccccc3)c3ccccc3-c3cc(-c4nc(-c5ccc6c7ccc8sc9cccc%10c%11ccccc%11n(c6c5)c7c8c9%10)nc(-c5cccc6ccccc56)n4)ccc32)cc1. The van der Waals surface area contributed by atoms with Gasteiger partial charge in [0.05, 0.1) is 22.0 Å². The number of fused-ring (bicyclic) bond motifs is 10. The summed E-state index contributed by atoms with van der Waals surface area (Å²) in [5, 5.41) is 9.86. The van der Waals surface area contributed by atoms with Gasteiger partial charge < -0.3 is 4.40 Å². The molecular formula is C62H36N4S. The van der Waals surface area contributed by atoms with Gasteiger partial charge in [-0.25, -0.2) is 15.0 Å². The van der Waals surface area contributed by atoms with Crippen LogP contribution < -0.4 is 0 Å². The minimum Gasteiger partial charge on any atom is -0.308 e. The van der Waals surface area contributed by atoms with Crippen molar-refractivity contribution in [2.45, 2.75) is 5.41 Å². The van der Waals surface area contributed by atoms with Gasteiger partial charge in [0.2, 0.25) is 0 Å². The third kappa shape index (κ3) is 5.04. The molecule has 15 rings (SSSR count). The number of benzene rings is 10. The van der Waals surface area contributed by atoms with Crippen LogP contribution in [0.3, 0.4) is 0 Å². The van der Waals surface area contributed by atoms with Crippen molar-refractivity contribution < 1.29 is 0 Å². The van der Waals surface area contributed by atoms with Gasteiger partial charge >= 0.3 is 0 Å². The van der Waals surface area contributed by atoms with E-state index in [1.54, 1.807) is 0 Å². The largest absolute Gasteiger partial charge is 0.308 e. The summed E-state index contributed by atoms with van der Waals surface area (Å²) in [6.07, 6.45) is 0. The second-order valence-electron chi connectivity index (χ2n) is 17.8. The number of para-hydroxylation sites is 1. The van der Waals surface area contributed by atoms with Crippen LogP contribution in [-0.2, 0) is 5.41 Å². The summed E-state index contributed by atoms with van der Waals surface area (Å²) in [6, 6.07) is 79.5. The average Bonchev–Trinajstić information content (AvgIpc) is 4.01. The van der Waals surface area contributed by atoms with Crippen LogP contribution in [0.4, 0.5) is 0 Å². The van der Waals surface area contributed by atoms with Crippen LogP contribution >= 0.6 is 11.3 Å². The van der Waals surface area contributed by atoms with Gasteiger partial charge in [-0.15, -0.1) is 11.3 Å². The van der Waals surface area contributed by atoms with Gasteiger partial charge in [-0.3, -0.25) is 0 Å². The first-order valence-corrected chi connectivity index (χ1v) is 23.7. The zero-order chi connectivity index (χ0) is 43.8. The van der Waals surface area contributed by atoms with E-state index in [0.29, 0.717) is 17.5 Å². The molecule has 5 heteroatoms. The summed E-state index contributed by atoms with van der Waals surface area (Å²) in [6.45, 7) is 0. The lowest BCUT2D eigenvalue weighted by atomic mass is 9.67. The molecule has 0 N–H and O–H groups in total. The van der Waals surface area contributed by atoms with Crippen molar-refractivity contribution in [1.82, 2.24) is 19.4 Å². The minimum atomic E-state index is -0.499. The van der Waals surface area contributed by atoms with Crippen molar-refractivity contribution >= 4 is 80.4 Å². The molecule has 4 aromatic heterocycles. The number of hydrogen-bond acceptors (Lipinski definition) is 4. The molecule has 0 saturated carbocycles. The van der Waals surface area contributed by atoms with E-state index in [0.717, 1.165) is 33.0 Å². The van der Waals surface area contributed by atoms with Crippen LogP contribution in [0, 0.1) is 0 Å². The average molecular weight is 869 g/mol. The molecule has 10 aromatic carbocycles. The van der Waals surface area contributed by atoms with Gasteiger partial charge in [-0.2, -0.15) is 0 Å². The molecule has 310 valence electrons. The van der Waals surface area contributed by atoms with Crippen molar-refractivity contribution in [3.8, 4) is 45.3 Å². The highest BCUT2D eigenvalue weighted by atomic mass is 32.1. The monoisotopic (exact) mass is 868 g/mol. The Labute approximate surface area is 389 Å². The number of aromatic nitrogens is 4. The lowest BCUT2D eigenvalue weighted by Crippen LogP contribution is -2.28. The normalized spacial score (nSPS) is 13.2. The number of thiophene rings is 1. The van der Waals surface area contributed by atoms with Crippen LogP contribution in [0.15, 0.2) is 218 Å². The van der Waals surface area contributed by atoms with Gasteiger partial charge in [0.1, 0.15) is 0 Å². The molecule has 0 aliphatic heterocycles. The Morgan fingerprint density at radius 2 is 0.940 bits per heavy atom. The summed E-state index contributed by atoms with van der Waals surface area (Å²) in [5.41, 5.74) is 13.3. The summed E-state index contributed by atoms with van der Waals surface area (Å²) in [7, 11) is 0. The van der Waals surface area contributed by atoms with E-state index in [4.69, 9.17) is 15.0 Å². The smallest absolute Gasteiger partial charge is 0.164 e. The maximum absolute atomic E-state index is 5.44. The van der Waals surface area contributed by atoms with E-state index in [1.165, 1.54) is 86.1 Å². The molecular weight excluding hydrogens is 833 g/mol. The Morgan fingerprint density at radius 3 is 1.78 bits per heavy atom. The topological polar surface area (TPSA) is 43.1 Å². The van der Waals surface area contributed by atoms with Gasteiger partial charge in [-0.1, -0.05) is 188 Å². The fourth-order valence-electron chi connectivity index (χ4n) is 11.7. The number of hydrogen-bond donors (Lipinski definition) is 0. The number of nitrogens with zero attached hydrogens (tertiary/aromatic N) is 4. The van der Waals surface area contributed by atoms with Crippen molar-refractivity contribution in [3.63, 3.8) is 0 Å². The van der Waals surface area contributed by atoms with Crippen molar-refractivity contribution in [3.05, 3.63) is 241 Å². The zero-order valence-corrected chi connectivity index (χ0v) is 36.8. The summed E-state index contributed by atoms with van der Waals surface area (Å²) in [4.78, 5) is 16.2. The molecule has 4 nitrogen and oxygen atoms in total. The standard InChI is InChI=1S/C62H36N4S/c1-3-17-40(18-4-1)62(41-19-5-2-6-20-41)50-26-11-9-22-43(50)49-35-38(30-33-51(49)62)59-63-60(65-61(64-59)48-25-13-16-37-15-7-8-21-42(37)48)39-29-31-45-47-32-34-55-57-56-46(24-14-28-54(56)67-55)44-23-10-12-27-52(44)66(58(47)57)53(45)36-39/h1-36H. The Balaban J connectivity index is 0.998. The summed E-state index contributed by atoms with van der Waals surface area (Å²) < 4.78 is 5.11. The minimum absolute atomic E-state index is 0.499. The predicted molar refractivity (Wildman–Crippen MR) is 278 cm³/mol. The molecule has 0 saturated heterocycles. The first-order valence-electron chi connectivity index (χ1n) is 22.8. The zero-order valence-electron chi connectivity index (χ0n) is 36.0. The van der Waals surface area contributed by atoms with Gasteiger partial charge in [-0.05, 0) is 79.9 Å². The van der Waals surface area contributed by atoms with Gasteiger partial charge in [0.15, 0.2) is 17.5 Å². The third-order valence-corrected chi connectivity index (χ3v) is 15.6. The molecule has 1 aliphatic carbocycles. The Bertz CT molecular complexity index is 4290. The lowest BCUT2D eigenvalue weighted by molar-refractivity contribution is 0.768. The third-order valence-electron chi connectivity index (χ3n) is 14.5. The van der Waals surface area contributed by atoms with E-state index < -0.39 is 5.41 Å². The molecule has 0 radical (unpaired) electrons. The Morgan fingerprint density at radius 1 is 0.358 bits per heavy atom. The molecule has 4 heterocycles. The van der Waals surface area contributed by atoms with E-state index >= 15 is 0 Å². The highest BCUT2D eigenvalue weighted by Crippen LogP contribution is 2.56. The second kappa shape index (κ2) is 13.8. The summed E-state index contributed by atoms with van der Waals surface area (Å²) in [5.74, 6) is 1.90. The highest BCUT2D eigenvalue weighted by Gasteiger charge is 2.46. The first-order chi connectivity index (χ1) is 33.2. The van der Waals surface area contributed by atoms with Crippen LogP contribution in [0.5, 0.6) is 0 Å². The second-order valence-corrected chi connectivity index (χ2v) is 18.9. The molecule has 0 unspecified atom stereocenters. The van der Waals surface area contributed by atoms with Crippen LogP contribution in [0.1, 0.15) is 22.3 Å².